The molecule has 0 radical (unpaired) electrons. The van der Waals surface area contributed by atoms with Crippen molar-refractivity contribution in [1.29, 1.82) is 0 Å². The number of imidazole rings is 1. The van der Waals surface area contributed by atoms with E-state index in [0.717, 1.165) is 49.5 Å². The molecule has 0 amide bonds. The van der Waals surface area contributed by atoms with Gasteiger partial charge in [0.15, 0.2) is 0 Å². The predicted molar refractivity (Wildman–Crippen MR) is 158 cm³/mol. The molecular weight excluding hydrogens is 472 g/mol. The Morgan fingerprint density at radius 2 is 2.03 bits per heavy atom. The van der Waals surface area contributed by atoms with E-state index in [2.05, 4.69) is 71.4 Å². The molecule has 1 heterocycles. The van der Waals surface area contributed by atoms with E-state index < -0.39 is 5.92 Å². The fourth-order valence-corrected chi connectivity index (χ4v) is 4.73. The molecule has 38 heavy (non-hydrogen) atoms. The van der Waals surface area contributed by atoms with Gasteiger partial charge >= 0.3 is 0 Å². The number of fused-ring (bicyclic) bond motifs is 1. The molecule has 6 heteroatoms. The number of rotatable bonds is 14. The highest BCUT2D eigenvalue weighted by Crippen LogP contribution is 2.23. The maximum Gasteiger partial charge on any atom is 0.150 e. The second-order valence-electron chi connectivity index (χ2n) is 9.79. The highest BCUT2D eigenvalue weighted by Gasteiger charge is 2.24. The smallest absolute Gasteiger partial charge is 0.150 e. The number of nitrogens with one attached hydrogen (secondary N) is 3. The van der Waals surface area contributed by atoms with Crippen LogP contribution in [0.25, 0.3) is 23.2 Å². The molecule has 0 aliphatic rings. The molecule has 0 spiro atoms. The number of hydrogen-bond donors (Lipinski definition) is 3. The molecule has 0 fully saturated rings. The minimum atomic E-state index is -0.505. The van der Waals surface area contributed by atoms with Gasteiger partial charge in [0.25, 0.3) is 0 Å². The van der Waals surface area contributed by atoms with Gasteiger partial charge in [-0.2, -0.15) is 0 Å². The molecule has 3 N–H and O–H groups in total. The Kier molecular flexibility index (Phi) is 10.8. The SMILES string of the molecule is C=C/C=c1/c(CCC(C)CNC(/C=C\NC)C(C=O)c2nc3cc(C=O)c(C)cc3[nH]2)ccc/c1=C/CC. The van der Waals surface area contributed by atoms with Crippen molar-refractivity contribution < 1.29 is 9.59 Å². The molecule has 3 aromatic rings. The molecule has 0 bridgehead atoms. The molecule has 2 aromatic carbocycles. The molecule has 200 valence electrons. The van der Waals surface area contributed by atoms with Gasteiger partial charge in [-0.3, -0.25) is 4.79 Å². The second-order valence-corrected chi connectivity index (χ2v) is 9.79. The normalized spacial score (nSPS) is 15.1. The summed E-state index contributed by atoms with van der Waals surface area (Å²) in [5.41, 5.74) is 4.29. The van der Waals surface area contributed by atoms with Crippen molar-refractivity contribution in [1.82, 2.24) is 20.6 Å². The molecule has 0 saturated heterocycles. The van der Waals surface area contributed by atoms with Crippen molar-refractivity contribution in [2.24, 2.45) is 5.92 Å². The van der Waals surface area contributed by atoms with Gasteiger partial charge in [-0.1, -0.05) is 62.9 Å². The summed E-state index contributed by atoms with van der Waals surface area (Å²) in [4.78, 5) is 31.6. The lowest BCUT2D eigenvalue weighted by atomic mass is 9.96. The predicted octanol–water partition coefficient (Wildman–Crippen LogP) is 4.08. The van der Waals surface area contributed by atoms with E-state index in [0.29, 0.717) is 22.8 Å². The Balaban J connectivity index is 1.75. The summed E-state index contributed by atoms with van der Waals surface area (Å²) >= 11 is 0. The van der Waals surface area contributed by atoms with Gasteiger partial charge in [0, 0.05) is 18.7 Å². The lowest BCUT2D eigenvalue weighted by Crippen LogP contribution is -2.37. The Labute approximate surface area is 225 Å². The molecular formula is C32H40N4O2. The second kappa shape index (κ2) is 14.2. The number of aromatic nitrogens is 2. The number of hydrogen-bond acceptors (Lipinski definition) is 5. The van der Waals surface area contributed by atoms with E-state index >= 15 is 0 Å². The number of aromatic amines is 1. The molecule has 3 unspecified atom stereocenters. The number of aryl methyl sites for hydroxylation is 2. The van der Waals surface area contributed by atoms with Crippen molar-refractivity contribution in [3.05, 3.63) is 88.2 Å². The van der Waals surface area contributed by atoms with E-state index in [1.807, 2.05) is 38.4 Å². The topological polar surface area (TPSA) is 86.9 Å². The minimum Gasteiger partial charge on any atom is -0.394 e. The van der Waals surface area contributed by atoms with E-state index in [1.165, 1.54) is 16.0 Å². The lowest BCUT2D eigenvalue weighted by Gasteiger charge is -2.22. The Morgan fingerprint density at radius 3 is 2.71 bits per heavy atom. The average molecular weight is 513 g/mol. The Hall–Kier alpha value is -3.77. The molecule has 0 saturated carbocycles. The molecule has 3 rings (SSSR count). The van der Waals surface area contributed by atoms with Crippen LogP contribution in [0.3, 0.4) is 0 Å². The fourth-order valence-electron chi connectivity index (χ4n) is 4.73. The van der Waals surface area contributed by atoms with E-state index in [-0.39, 0.29) is 6.04 Å². The van der Waals surface area contributed by atoms with Crippen molar-refractivity contribution in [2.75, 3.05) is 13.6 Å². The van der Waals surface area contributed by atoms with Crippen molar-refractivity contribution in [2.45, 2.75) is 52.0 Å². The third-order valence-electron chi connectivity index (χ3n) is 6.88. The monoisotopic (exact) mass is 512 g/mol. The van der Waals surface area contributed by atoms with Gasteiger partial charge in [-0.15, -0.1) is 0 Å². The molecule has 6 nitrogen and oxygen atoms in total. The first-order chi connectivity index (χ1) is 18.4. The average Bonchev–Trinajstić information content (AvgIpc) is 3.32. The summed E-state index contributed by atoms with van der Waals surface area (Å²) in [7, 11) is 1.83. The highest BCUT2D eigenvalue weighted by atomic mass is 16.1. The first-order valence-corrected chi connectivity index (χ1v) is 13.3. The van der Waals surface area contributed by atoms with Crippen LogP contribution in [0.15, 0.2) is 55.3 Å². The minimum absolute atomic E-state index is 0.248. The third-order valence-corrected chi connectivity index (χ3v) is 6.88. The van der Waals surface area contributed by atoms with Crippen molar-refractivity contribution >= 4 is 35.8 Å². The van der Waals surface area contributed by atoms with Crippen LogP contribution >= 0.6 is 0 Å². The van der Waals surface area contributed by atoms with E-state index in [9.17, 15) is 9.59 Å². The van der Waals surface area contributed by atoms with Crippen LogP contribution in [0.5, 0.6) is 0 Å². The first kappa shape index (κ1) is 28.8. The molecule has 0 aliphatic heterocycles. The van der Waals surface area contributed by atoms with Crippen LogP contribution in [-0.2, 0) is 11.2 Å². The summed E-state index contributed by atoms with van der Waals surface area (Å²) in [6.45, 7) is 10.9. The number of benzene rings is 2. The standard InChI is InChI=1S/C32H40N4O2/c1-6-9-24-11-8-12-25(27(24)10-7-2)14-13-22(3)19-34-29(15-16-33-5)28(21-38)32-35-30-17-23(4)26(20-37)18-31(30)36-32/h7-12,15-18,20-22,28-29,33-34H,2,6,13-14,19H2,1,3-5H3,(H,35,36)/b16-15-,24-9-,27-10+. The number of carbonyl (C=O) groups is 2. The first-order valence-electron chi connectivity index (χ1n) is 13.3. The summed E-state index contributed by atoms with van der Waals surface area (Å²) in [6.07, 6.45) is 14.7. The van der Waals surface area contributed by atoms with Crippen molar-refractivity contribution in [3.63, 3.8) is 0 Å². The van der Waals surface area contributed by atoms with Crippen LogP contribution in [0.2, 0.25) is 0 Å². The number of carbonyl (C=O) groups excluding carboxylic acids is 2. The zero-order valence-corrected chi connectivity index (χ0v) is 23.0. The Bertz CT molecular complexity index is 1400. The quantitative estimate of drug-likeness (QED) is 0.283. The Morgan fingerprint density at radius 1 is 1.21 bits per heavy atom. The van der Waals surface area contributed by atoms with Crippen molar-refractivity contribution in [3.8, 4) is 0 Å². The summed E-state index contributed by atoms with van der Waals surface area (Å²) in [5, 5.41) is 9.11. The van der Waals surface area contributed by atoms with Gasteiger partial charge in [-0.25, -0.2) is 4.98 Å². The summed E-state index contributed by atoms with van der Waals surface area (Å²) in [6, 6.07) is 9.89. The fraction of sp³-hybridized carbons (Fsp3) is 0.344. The zero-order chi connectivity index (χ0) is 27.5. The van der Waals surface area contributed by atoms with E-state index in [1.54, 1.807) is 6.07 Å². The maximum absolute atomic E-state index is 12.3. The third kappa shape index (κ3) is 7.17. The molecule has 1 aromatic heterocycles. The van der Waals surface area contributed by atoms with Gasteiger partial charge in [-0.05, 0) is 78.5 Å². The zero-order valence-electron chi connectivity index (χ0n) is 23.0. The highest BCUT2D eigenvalue weighted by molar-refractivity contribution is 5.87. The largest absolute Gasteiger partial charge is 0.394 e. The van der Waals surface area contributed by atoms with Gasteiger partial charge < -0.3 is 20.4 Å². The summed E-state index contributed by atoms with van der Waals surface area (Å²) < 4.78 is 0. The number of allylic oxidation sites excluding steroid dienone is 1. The molecule has 0 aliphatic carbocycles. The van der Waals surface area contributed by atoms with Crippen LogP contribution < -0.4 is 21.1 Å². The summed E-state index contributed by atoms with van der Waals surface area (Å²) in [5.74, 6) is 0.461. The van der Waals surface area contributed by atoms with E-state index in [4.69, 9.17) is 0 Å². The number of nitrogens with zero attached hydrogens (tertiary/aromatic N) is 1. The van der Waals surface area contributed by atoms with Gasteiger partial charge in [0.2, 0.25) is 0 Å². The number of H-pyrrole nitrogens is 1. The van der Waals surface area contributed by atoms with Gasteiger partial charge in [0.1, 0.15) is 18.4 Å². The van der Waals surface area contributed by atoms with Crippen LogP contribution in [0.1, 0.15) is 59.9 Å². The molecule has 3 atom stereocenters. The van der Waals surface area contributed by atoms with Crippen LogP contribution in [0, 0.1) is 12.8 Å². The lowest BCUT2D eigenvalue weighted by molar-refractivity contribution is -0.109. The van der Waals surface area contributed by atoms with Gasteiger partial charge in [0.05, 0.1) is 17.0 Å². The van der Waals surface area contributed by atoms with Crippen LogP contribution in [-0.4, -0.2) is 42.2 Å². The van der Waals surface area contributed by atoms with Crippen LogP contribution in [0.4, 0.5) is 0 Å². The maximum atomic E-state index is 12.3. The number of aldehydes is 2.